The summed E-state index contributed by atoms with van der Waals surface area (Å²) in [4.78, 5) is 13.7. The fourth-order valence-corrected chi connectivity index (χ4v) is 4.94. The molecule has 0 amide bonds. The summed E-state index contributed by atoms with van der Waals surface area (Å²) in [5.41, 5.74) is -0.822. The van der Waals surface area contributed by atoms with E-state index in [2.05, 4.69) is 0 Å². The lowest BCUT2D eigenvalue weighted by atomic mass is 9.99. The van der Waals surface area contributed by atoms with E-state index in [4.69, 9.17) is 28.1 Å². The van der Waals surface area contributed by atoms with Gasteiger partial charge < -0.3 is 74.1 Å². The van der Waals surface area contributed by atoms with Crippen LogP contribution in [0.25, 0.3) is 22.3 Å². The molecule has 2 fully saturated rings. The fraction of sp³-hybridized carbons (Fsp3) is 0.464. The van der Waals surface area contributed by atoms with E-state index in [0.717, 1.165) is 0 Å². The predicted octanol–water partition coefficient (Wildman–Crippen LogP) is -2.47. The average molecular weight is 625 g/mol. The van der Waals surface area contributed by atoms with Gasteiger partial charge in [-0.1, -0.05) is 0 Å². The summed E-state index contributed by atoms with van der Waals surface area (Å²) in [5, 5.41) is 90.4. The van der Waals surface area contributed by atoms with Gasteiger partial charge in [-0.05, 0) is 24.3 Å². The van der Waals surface area contributed by atoms with E-state index < -0.39 is 91.6 Å². The minimum atomic E-state index is -1.87. The van der Waals surface area contributed by atoms with Gasteiger partial charge in [-0.3, -0.25) is 4.79 Å². The fourth-order valence-electron chi connectivity index (χ4n) is 4.94. The Hall–Kier alpha value is -3.55. The molecular formula is C28H32O16. The molecule has 16 heteroatoms. The molecule has 0 bridgehead atoms. The molecule has 2 aliphatic rings. The van der Waals surface area contributed by atoms with Crippen molar-refractivity contribution in [2.45, 2.75) is 61.4 Å². The Morgan fingerprint density at radius 1 is 0.727 bits per heavy atom. The first-order valence-corrected chi connectivity index (χ1v) is 13.4. The van der Waals surface area contributed by atoms with Crippen LogP contribution in [0.4, 0.5) is 0 Å². The van der Waals surface area contributed by atoms with Gasteiger partial charge >= 0.3 is 0 Å². The summed E-state index contributed by atoms with van der Waals surface area (Å²) < 4.78 is 33.2. The van der Waals surface area contributed by atoms with Gasteiger partial charge in [-0.2, -0.15) is 0 Å². The van der Waals surface area contributed by atoms with E-state index in [1.54, 1.807) is 0 Å². The van der Waals surface area contributed by atoms with Gasteiger partial charge in [-0.25, -0.2) is 0 Å². The van der Waals surface area contributed by atoms with Crippen LogP contribution in [-0.4, -0.2) is 128 Å². The maximum atomic E-state index is 13.7. The van der Waals surface area contributed by atoms with Gasteiger partial charge in [0.15, 0.2) is 5.76 Å². The van der Waals surface area contributed by atoms with Crippen molar-refractivity contribution in [3.8, 4) is 34.3 Å². The summed E-state index contributed by atoms with van der Waals surface area (Å²) in [5.74, 6) is -1.05. The summed E-state index contributed by atoms with van der Waals surface area (Å²) in [7, 11) is 1.34. The molecule has 0 unspecified atom stereocenters. The van der Waals surface area contributed by atoms with Crippen molar-refractivity contribution in [2.24, 2.45) is 0 Å². The van der Waals surface area contributed by atoms with E-state index in [1.807, 2.05) is 0 Å². The van der Waals surface area contributed by atoms with E-state index in [0.29, 0.717) is 0 Å². The molecule has 240 valence electrons. The molecule has 0 radical (unpaired) electrons. The SMILES string of the molecule is COc1cc(O)c2c(=O)c(O[C@@H]3O[C@H](CO)[C@@H](O)[C@H](O)[C@H]3O)c(-c3ccc(O[C@@H]4O[C@H](CO)[C@@H](O)[C@H](O)[C@H]4O)cc3)oc2c1. The van der Waals surface area contributed by atoms with Crippen LogP contribution in [0.1, 0.15) is 0 Å². The number of rotatable bonds is 8. The van der Waals surface area contributed by atoms with Crippen molar-refractivity contribution in [1.29, 1.82) is 0 Å². The van der Waals surface area contributed by atoms with Gasteiger partial charge in [0.25, 0.3) is 0 Å². The van der Waals surface area contributed by atoms with E-state index in [-0.39, 0.29) is 33.8 Å². The molecule has 3 heterocycles. The zero-order chi connectivity index (χ0) is 31.9. The highest BCUT2D eigenvalue weighted by molar-refractivity contribution is 5.88. The third-order valence-corrected chi connectivity index (χ3v) is 7.44. The second kappa shape index (κ2) is 12.8. The van der Waals surface area contributed by atoms with Gasteiger partial charge in [0, 0.05) is 17.7 Å². The van der Waals surface area contributed by atoms with Crippen LogP contribution in [-0.2, 0) is 9.47 Å². The molecule has 16 nitrogen and oxygen atoms in total. The maximum absolute atomic E-state index is 13.7. The molecule has 44 heavy (non-hydrogen) atoms. The number of aromatic hydroxyl groups is 1. The molecule has 0 aliphatic carbocycles. The Morgan fingerprint density at radius 3 is 1.80 bits per heavy atom. The quantitative estimate of drug-likeness (QED) is 0.126. The molecule has 2 saturated heterocycles. The highest BCUT2D eigenvalue weighted by Gasteiger charge is 2.46. The lowest BCUT2D eigenvalue weighted by molar-refractivity contribution is -0.277. The monoisotopic (exact) mass is 624 g/mol. The standard InChI is InChI=1S/C28H32O16/c1-39-12-6-13(31)17-14(7-12)41-25(26(20(17)34)44-28-24(38)22(36)19(33)16(9-30)43-28)10-2-4-11(5-3-10)40-27-23(37)21(35)18(32)15(8-29)42-27/h2-7,15-16,18-19,21-24,27-33,35-38H,8-9H2,1H3/t15-,16-,18-,19-,21+,22+,23-,24-,27-,28+/m1/s1. The number of phenols is 1. The Morgan fingerprint density at radius 2 is 1.27 bits per heavy atom. The normalized spacial score (nSPS) is 32.4. The second-order valence-electron chi connectivity index (χ2n) is 10.3. The summed E-state index contributed by atoms with van der Waals surface area (Å²) in [6.45, 7) is -1.40. The lowest BCUT2D eigenvalue weighted by Crippen LogP contribution is -2.60. The van der Waals surface area contributed by atoms with Gasteiger partial charge in [0.2, 0.25) is 23.8 Å². The number of hydrogen-bond acceptors (Lipinski definition) is 16. The molecule has 0 spiro atoms. The van der Waals surface area contributed by atoms with Crippen LogP contribution in [0.3, 0.4) is 0 Å². The zero-order valence-electron chi connectivity index (χ0n) is 23.0. The van der Waals surface area contributed by atoms with Crippen molar-refractivity contribution >= 4 is 11.0 Å². The second-order valence-corrected chi connectivity index (χ2v) is 10.3. The van der Waals surface area contributed by atoms with Crippen LogP contribution < -0.4 is 19.6 Å². The molecular weight excluding hydrogens is 592 g/mol. The zero-order valence-corrected chi connectivity index (χ0v) is 23.0. The molecule has 10 atom stereocenters. The van der Waals surface area contributed by atoms with Crippen LogP contribution in [0.5, 0.6) is 23.0 Å². The summed E-state index contributed by atoms with van der Waals surface area (Å²) >= 11 is 0. The number of phenolic OH excluding ortho intramolecular Hbond substituents is 1. The highest BCUT2D eigenvalue weighted by atomic mass is 16.7. The largest absolute Gasteiger partial charge is 0.507 e. The smallest absolute Gasteiger partial charge is 0.239 e. The number of aliphatic hydroxyl groups is 8. The number of benzene rings is 2. The van der Waals surface area contributed by atoms with Crippen LogP contribution in [0.2, 0.25) is 0 Å². The van der Waals surface area contributed by atoms with E-state index in [1.165, 1.54) is 43.5 Å². The van der Waals surface area contributed by atoms with E-state index >= 15 is 0 Å². The predicted molar refractivity (Wildman–Crippen MR) is 145 cm³/mol. The molecule has 3 aromatic rings. The van der Waals surface area contributed by atoms with E-state index in [9.17, 15) is 50.8 Å². The number of fused-ring (bicyclic) bond motifs is 1. The van der Waals surface area contributed by atoms with Crippen LogP contribution >= 0.6 is 0 Å². The van der Waals surface area contributed by atoms with Crippen molar-refractivity contribution in [3.05, 3.63) is 46.6 Å². The first-order chi connectivity index (χ1) is 21.0. The highest BCUT2D eigenvalue weighted by Crippen LogP contribution is 2.38. The lowest BCUT2D eigenvalue weighted by Gasteiger charge is -2.39. The van der Waals surface area contributed by atoms with Crippen molar-refractivity contribution in [2.75, 3.05) is 20.3 Å². The summed E-state index contributed by atoms with van der Waals surface area (Å²) in [6, 6.07) is 8.08. The Kier molecular flexibility index (Phi) is 9.28. The van der Waals surface area contributed by atoms with Crippen LogP contribution in [0, 0.1) is 0 Å². The summed E-state index contributed by atoms with van der Waals surface area (Å²) in [6.07, 6.45) is -16.0. The minimum Gasteiger partial charge on any atom is -0.507 e. The number of aliphatic hydroxyl groups excluding tert-OH is 8. The van der Waals surface area contributed by atoms with Crippen molar-refractivity contribution < 1.29 is 74.1 Å². The molecule has 0 saturated carbocycles. The molecule has 2 aromatic carbocycles. The number of methoxy groups -OCH3 is 1. The molecule has 5 rings (SSSR count). The molecule has 2 aliphatic heterocycles. The van der Waals surface area contributed by atoms with Gasteiger partial charge in [-0.15, -0.1) is 0 Å². The third-order valence-electron chi connectivity index (χ3n) is 7.44. The van der Waals surface area contributed by atoms with Gasteiger partial charge in [0.05, 0.1) is 20.3 Å². The molecule has 1 aromatic heterocycles. The van der Waals surface area contributed by atoms with Crippen LogP contribution in [0.15, 0.2) is 45.6 Å². The topological polar surface area (TPSA) is 258 Å². The maximum Gasteiger partial charge on any atom is 0.239 e. The Bertz CT molecular complexity index is 1500. The number of hydrogen-bond donors (Lipinski definition) is 9. The molecule has 9 N–H and O–H groups in total. The average Bonchev–Trinajstić information content (AvgIpc) is 3.02. The van der Waals surface area contributed by atoms with Gasteiger partial charge in [0.1, 0.15) is 77.0 Å². The minimum absolute atomic E-state index is 0.0944. The van der Waals surface area contributed by atoms with Crippen molar-refractivity contribution in [3.63, 3.8) is 0 Å². The number of ether oxygens (including phenoxy) is 5. The Balaban J connectivity index is 1.53. The Labute approximate surface area is 248 Å². The van der Waals surface area contributed by atoms with Crippen molar-refractivity contribution in [1.82, 2.24) is 0 Å². The third kappa shape index (κ3) is 5.80. The first kappa shape index (κ1) is 31.9. The first-order valence-electron chi connectivity index (χ1n) is 13.4.